The van der Waals surface area contributed by atoms with Gasteiger partial charge in [0.2, 0.25) is 0 Å². The van der Waals surface area contributed by atoms with Gasteiger partial charge < -0.3 is 15.6 Å². The lowest BCUT2D eigenvalue weighted by atomic mass is 10.0. The van der Waals surface area contributed by atoms with Gasteiger partial charge in [0.05, 0.1) is 17.3 Å². The van der Waals surface area contributed by atoms with Gasteiger partial charge in [-0.3, -0.25) is 4.68 Å². The molecule has 0 bridgehead atoms. The second-order valence-electron chi connectivity index (χ2n) is 7.17. The molecule has 4 rings (SSSR count). The smallest absolute Gasteiger partial charge is 0.132 e. The van der Waals surface area contributed by atoms with Crippen molar-refractivity contribution in [3.8, 4) is 28.3 Å². The number of nitrogens with zero attached hydrogens (tertiary/aromatic N) is 4. The fourth-order valence-corrected chi connectivity index (χ4v) is 3.37. The van der Waals surface area contributed by atoms with Crippen LogP contribution in [-0.2, 0) is 7.05 Å². The number of aryl methyl sites for hydroxylation is 1. The molecule has 0 unspecified atom stereocenters. The first-order valence-electron chi connectivity index (χ1n) is 9.42. The molecule has 7 nitrogen and oxygen atoms in total. The molecule has 0 saturated carbocycles. The number of aromatic nitrogens is 4. The van der Waals surface area contributed by atoms with Crippen LogP contribution in [0, 0.1) is 0 Å². The Morgan fingerprint density at radius 3 is 2.52 bits per heavy atom. The molecule has 148 valence electrons. The molecule has 0 saturated heterocycles. The number of nitrogens with two attached hydrogens (primary N) is 1. The lowest BCUT2D eigenvalue weighted by molar-refractivity contribution is 0.172. The maximum atomic E-state index is 10.1. The van der Waals surface area contributed by atoms with Crippen LogP contribution in [0.15, 0.2) is 55.0 Å². The molecule has 2 aromatic carbocycles. The third-order valence-corrected chi connectivity index (χ3v) is 4.58. The van der Waals surface area contributed by atoms with Crippen LogP contribution < -0.4 is 10.5 Å². The zero-order chi connectivity index (χ0) is 20.5. The molecule has 0 aliphatic rings. The van der Waals surface area contributed by atoms with Crippen LogP contribution in [0.25, 0.3) is 33.4 Å². The average Bonchev–Trinajstić information content (AvgIpc) is 3.08. The van der Waals surface area contributed by atoms with Crippen molar-refractivity contribution in [3.05, 3.63) is 60.6 Å². The van der Waals surface area contributed by atoms with Crippen molar-refractivity contribution in [3.63, 3.8) is 0 Å². The first kappa shape index (κ1) is 19.0. The van der Waals surface area contributed by atoms with E-state index in [9.17, 15) is 5.11 Å². The number of rotatable bonds is 5. The van der Waals surface area contributed by atoms with E-state index >= 15 is 0 Å². The van der Waals surface area contributed by atoms with Crippen molar-refractivity contribution in [1.29, 1.82) is 0 Å². The minimum absolute atomic E-state index is 0.0609. The molecule has 29 heavy (non-hydrogen) atoms. The van der Waals surface area contributed by atoms with Gasteiger partial charge >= 0.3 is 0 Å². The highest BCUT2D eigenvalue weighted by Crippen LogP contribution is 2.36. The first-order chi connectivity index (χ1) is 13.9. The Hall–Kier alpha value is -3.29. The molecule has 2 heterocycles. The second-order valence-corrected chi connectivity index (χ2v) is 7.17. The van der Waals surface area contributed by atoms with Gasteiger partial charge in [0.1, 0.15) is 24.0 Å². The molecule has 0 spiro atoms. The lowest BCUT2D eigenvalue weighted by Gasteiger charge is -2.17. The van der Waals surface area contributed by atoms with E-state index in [2.05, 4.69) is 15.1 Å². The quantitative estimate of drug-likeness (QED) is 0.507. The number of benzene rings is 2. The summed E-state index contributed by atoms with van der Waals surface area (Å²) in [4.78, 5) is 8.94. The Morgan fingerprint density at radius 1 is 1.07 bits per heavy atom. The maximum Gasteiger partial charge on any atom is 0.132 e. The van der Waals surface area contributed by atoms with Crippen LogP contribution >= 0.6 is 0 Å². The van der Waals surface area contributed by atoms with Gasteiger partial charge in [-0.2, -0.15) is 5.10 Å². The summed E-state index contributed by atoms with van der Waals surface area (Å²) in [6, 6.07) is 13.5. The van der Waals surface area contributed by atoms with Gasteiger partial charge in [-0.05, 0) is 19.9 Å². The highest BCUT2D eigenvalue weighted by Gasteiger charge is 2.19. The number of hydrogen-bond donors (Lipinski definition) is 2. The van der Waals surface area contributed by atoms with E-state index in [-0.39, 0.29) is 6.10 Å². The SMILES string of the molecule is CC(C)Oc1cc2ncnc(-c3cn(C)nc3-c3ccccc3)c2cc1[C@H](N)O. The van der Waals surface area contributed by atoms with Crippen LogP contribution in [0.1, 0.15) is 25.6 Å². The molecule has 7 heteroatoms. The second kappa shape index (κ2) is 7.62. The summed E-state index contributed by atoms with van der Waals surface area (Å²) in [7, 11) is 1.88. The predicted molar refractivity (Wildman–Crippen MR) is 112 cm³/mol. The molecule has 3 N–H and O–H groups in total. The van der Waals surface area contributed by atoms with E-state index in [1.54, 1.807) is 16.8 Å². The highest BCUT2D eigenvalue weighted by atomic mass is 16.5. The third kappa shape index (κ3) is 3.70. The van der Waals surface area contributed by atoms with E-state index in [0.29, 0.717) is 16.8 Å². The number of hydrogen-bond acceptors (Lipinski definition) is 6. The molecule has 2 aromatic heterocycles. The van der Waals surface area contributed by atoms with Crippen molar-refractivity contribution < 1.29 is 9.84 Å². The Labute approximate surface area is 168 Å². The molecule has 0 radical (unpaired) electrons. The van der Waals surface area contributed by atoms with Crippen LogP contribution in [0.5, 0.6) is 5.75 Å². The topological polar surface area (TPSA) is 99.1 Å². The van der Waals surface area contributed by atoms with Crippen LogP contribution in [0.4, 0.5) is 0 Å². The maximum absolute atomic E-state index is 10.1. The fraction of sp³-hybridized carbons (Fsp3) is 0.227. The summed E-state index contributed by atoms with van der Waals surface area (Å²) in [5, 5.41) is 15.5. The van der Waals surface area contributed by atoms with Gasteiger partial charge in [-0.25, -0.2) is 9.97 Å². The summed E-state index contributed by atoms with van der Waals surface area (Å²) in [6.45, 7) is 3.84. The fourth-order valence-electron chi connectivity index (χ4n) is 3.37. The Bertz CT molecular complexity index is 1150. The van der Waals surface area contributed by atoms with Gasteiger partial charge in [-0.15, -0.1) is 0 Å². The van der Waals surface area contributed by atoms with Crippen molar-refractivity contribution >= 4 is 10.9 Å². The largest absolute Gasteiger partial charge is 0.490 e. The summed E-state index contributed by atoms with van der Waals surface area (Å²) in [5.74, 6) is 0.515. The normalized spacial score (nSPS) is 12.5. The number of fused-ring (bicyclic) bond motifs is 1. The van der Waals surface area contributed by atoms with Crippen LogP contribution in [0.2, 0.25) is 0 Å². The summed E-state index contributed by atoms with van der Waals surface area (Å²) in [5.41, 5.74) is 10.4. The number of ether oxygens (including phenoxy) is 1. The van der Waals surface area contributed by atoms with Crippen molar-refractivity contribution in [2.75, 3.05) is 0 Å². The minimum Gasteiger partial charge on any atom is -0.490 e. The van der Waals surface area contributed by atoms with E-state index in [1.165, 1.54) is 6.33 Å². The van der Waals surface area contributed by atoms with Crippen molar-refractivity contribution in [2.45, 2.75) is 26.2 Å². The Kier molecular flexibility index (Phi) is 5.00. The predicted octanol–water partition coefficient (Wildman–Crippen LogP) is 3.43. The average molecular weight is 389 g/mol. The van der Waals surface area contributed by atoms with Crippen molar-refractivity contribution in [1.82, 2.24) is 19.7 Å². The molecule has 4 aromatic rings. The molecule has 0 aliphatic heterocycles. The zero-order valence-corrected chi connectivity index (χ0v) is 16.6. The van der Waals surface area contributed by atoms with E-state index < -0.39 is 6.23 Å². The molecule has 1 atom stereocenters. The summed E-state index contributed by atoms with van der Waals surface area (Å²) < 4.78 is 7.61. The minimum atomic E-state index is -1.18. The number of aliphatic hydroxyl groups excluding tert-OH is 1. The highest BCUT2D eigenvalue weighted by molar-refractivity contribution is 5.96. The van der Waals surface area contributed by atoms with Crippen molar-refractivity contribution in [2.24, 2.45) is 12.8 Å². The van der Waals surface area contributed by atoms with Gasteiger partial charge in [0.15, 0.2) is 0 Å². The van der Waals surface area contributed by atoms with E-state index in [1.807, 2.05) is 57.4 Å². The molecular formula is C22H23N5O2. The van der Waals surface area contributed by atoms with Gasteiger partial charge in [0, 0.05) is 41.4 Å². The Morgan fingerprint density at radius 2 is 1.83 bits per heavy atom. The van der Waals surface area contributed by atoms with Gasteiger partial charge in [-0.1, -0.05) is 30.3 Å². The molecule has 0 fully saturated rings. The molecule has 0 amide bonds. The van der Waals surface area contributed by atoms with Crippen LogP contribution in [-0.4, -0.2) is 31.0 Å². The summed E-state index contributed by atoms with van der Waals surface area (Å²) in [6.07, 6.45) is 2.22. The lowest BCUT2D eigenvalue weighted by Crippen LogP contribution is -2.14. The summed E-state index contributed by atoms with van der Waals surface area (Å²) >= 11 is 0. The molecular weight excluding hydrogens is 366 g/mol. The monoisotopic (exact) mass is 389 g/mol. The van der Waals surface area contributed by atoms with Crippen LogP contribution in [0.3, 0.4) is 0 Å². The zero-order valence-electron chi connectivity index (χ0n) is 16.6. The standard InChI is InChI=1S/C22H23N5O2/c1-13(2)29-19-10-18-15(9-16(19)22(23)28)21(25-12-24-18)17-11-27(3)26-20(17)14-7-5-4-6-8-14/h4-13,22,28H,23H2,1-3H3/t22-/m1/s1. The Balaban J connectivity index is 1.96. The van der Waals surface area contributed by atoms with E-state index in [0.717, 1.165) is 27.9 Å². The first-order valence-corrected chi connectivity index (χ1v) is 9.42. The van der Waals surface area contributed by atoms with E-state index in [4.69, 9.17) is 10.5 Å². The number of aliphatic hydroxyl groups is 1. The third-order valence-electron chi connectivity index (χ3n) is 4.58. The van der Waals surface area contributed by atoms with Gasteiger partial charge in [0.25, 0.3) is 0 Å². The molecule has 0 aliphatic carbocycles.